The highest BCUT2D eigenvalue weighted by Gasteiger charge is 2.64. The molecule has 1 aromatic heterocycles. The summed E-state index contributed by atoms with van der Waals surface area (Å²) in [5, 5.41) is 14.4. The Bertz CT molecular complexity index is 1250. The number of aromatic nitrogens is 2. The number of aryl methyl sites for hydroxylation is 1. The molecule has 0 saturated carbocycles. The molecule has 2 aromatic carbocycles. The zero-order chi connectivity index (χ0) is 24.3. The molecule has 10 heteroatoms. The van der Waals surface area contributed by atoms with Crippen molar-refractivity contribution in [3.8, 4) is 5.75 Å². The molecule has 0 aliphatic heterocycles. The fraction of sp³-hybridized carbons (Fsp3) is 0.391. The number of nitrogens with zero attached hydrogens (tertiary/aromatic N) is 2. The number of fused-ring (bicyclic) bond motifs is 2. The second-order valence-electron chi connectivity index (χ2n) is 8.88. The van der Waals surface area contributed by atoms with Gasteiger partial charge < -0.3 is 15.2 Å². The van der Waals surface area contributed by atoms with E-state index >= 15 is 0 Å². The Labute approximate surface area is 192 Å². The Balaban J connectivity index is 1.98. The lowest BCUT2D eigenvalue weighted by atomic mass is 9.63. The summed E-state index contributed by atoms with van der Waals surface area (Å²) in [6.45, 7) is 4.78. The number of anilines is 1. The number of hydrogen-bond acceptors (Lipinski definition) is 5. The number of methoxy groups -OCH3 is 1. The van der Waals surface area contributed by atoms with Gasteiger partial charge in [0.05, 0.1) is 18.2 Å². The molecule has 0 spiro atoms. The molecule has 0 amide bonds. The highest BCUT2D eigenvalue weighted by atomic mass is 35.5. The fourth-order valence-electron chi connectivity index (χ4n) is 4.75. The minimum absolute atomic E-state index is 0.0342. The van der Waals surface area contributed by atoms with Gasteiger partial charge in [-0.05, 0) is 42.5 Å². The second-order valence-corrected chi connectivity index (χ2v) is 9.29. The molecule has 0 saturated heterocycles. The molecule has 0 fully saturated rings. The maximum Gasteiger partial charge on any atom is 0.419 e. The Kier molecular flexibility index (Phi) is 5.48. The molecule has 1 heterocycles. The van der Waals surface area contributed by atoms with E-state index in [-0.39, 0.29) is 32.9 Å². The lowest BCUT2D eigenvalue weighted by Crippen LogP contribution is -2.58. The first-order valence-corrected chi connectivity index (χ1v) is 10.5. The van der Waals surface area contributed by atoms with Gasteiger partial charge in [0.25, 0.3) is 0 Å². The van der Waals surface area contributed by atoms with Crippen molar-refractivity contribution >= 4 is 28.2 Å². The van der Waals surface area contributed by atoms with E-state index in [2.05, 4.69) is 15.3 Å². The van der Waals surface area contributed by atoms with Crippen molar-refractivity contribution in [2.75, 3.05) is 12.4 Å². The van der Waals surface area contributed by atoms with Crippen LogP contribution in [0.4, 0.5) is 23.2 Å². The average Bonchev–Trinajstić information content (AvgIpc) is 2.71. The summed E-state index contributed by atoms with van der Waals surface area (Å²) < 4.78 is 62.9. The minimum atomic E-state index is -4.98. The first-order valence-electron chi connectivity index (χ1n) is 10.1. The Morgan fingerprint density at radius 2 is 1.91 bits per heavy atom. The molecule has 1 aliphatic carbocycles. The van der Waals surface area contributed by atoms with Crippen LogP contribution in [0.3, 0.4) is 0 Å². The predicted molar refractivity (Wildman–Crippen MR) is 117 cm³/mol. The third-order valence-corrected chi connectivity index (χ3v) is 6.43. The molecule has 33 heavy (non-hydrogen) atoms. The van der Waals surface area contributed by atoms with Crippen LogP contribution in [-0.4, -0.2) is 34.0 Å². The second kappa shape index (κ2) is 7.70. The van der Waals surface area contributed by atoms with Crippen LogP contribution < -0.4 is 10.1 Å². The van der Waals surface area contributed by atoms with E-state index in [4.69, 9.17) is 16.3 Å². The summed E-state index contributed by atoms with van der Waals surface area (Å²) in [7, 11) is 1.39. The number of hydrogen-bond donors (Lipinski definition) is 2. The summed E-state index contributed by atoms with van der Waals surface area (Å²) in [4.78, 5) is 8.13. The Hall–Kier alpha value is -2.65. The van der Waals surface area contributed by atoms with Gasteiger partial charge in [-0.25, -0.2) is 14.4 Å². The molecule has 0 unspecified atom stereocenters. The molecule has 4 rings (SSSR count). The molecule has 5 nitrogen and oxygen atoms in total. The van der Waals surface area contributed by atoms with Crippen LogP contribution in [0.25, 0.3) is 10.9 Å². The van der Waals surface area contributed by atoms with Crippen LogP contribution in [0.1, 0.15) is 43.3 Å². The highest BCUT2D eigenvalue weighted by Crippen LogP contribution is 2.57. The maximum atomic E-state index is 14.4. The largest absolute Gasteiger partial charge is 0.495 e. The molecule has 0 bridgehead atoms. The molecule has 176 valence electrons. The monoisotopic (exact) mass is 483 g/mol. The van der Waals surface area contributed by atoms with Gasteiger partial charge in [-0.15, -0.1) is 0 Å². The van der Waals surface area contributed by atoms with Crippen molar-refractivity contribution in [2.24, 2.45) is 0 Å². The van der Waals surface area contributed by atoms with Crippen molar-refractivity contribution in [3.05, 3.63) is 58.3 Å². The zero-order valence-corrected chi connectivity index (χ0v) is 19.1. The summed E-state index contributed by atoms with van der Waals surface area (Å²) >= 11 is 6.28. The average molecular weight is 484 g/mol. The standard InChI is InChI=1S/C23H22ClF4N3O2/c1-11-29-9-13-16(8-7-15(25)18(13)30-11)31-20-12-5-6-14(24)19(33-4)17(12)21(2,3)10-22(20,32)23(26,27)28/h5-9,20,31-32H,10H2,1-4H3/t20-,22+/m0/s1. The quantitative estimate of drug-likeness (QED) is 0.456. The first-order chi connectivity index (χ1) is 15.3. The molecular weight excluding hydrogens is 462 g/mol. The van der Waals surface area contributed by atoms with Crippen LogP contribution in [0, 0.1) is 12.7 Å². The highest BCUT2D eigenvalue weighted by molar-refractivity contribution is 6.32. The van der Waals surface area contributed by atoms with Crippen LogP contribution in [0.15, 0.2) is 30.5 Å². The Morgan fingerprint density at radius 1 is 1.21 bits per heavy atom. The van der Waals surface area contributed by atoms with Crippen molar-refractivity contribution in [1.29, 1.82) is 0 Å². The molecule has 1 aliphatic rings. The van der Waals surface area contributed by atoms with Crippen molar-refractivity contribution in [3.63, 3.8) is 0 Å². The van der Waals surface area contributed by atoms with Crippen molar-refractivity contribution in [2.45, 2.75) is 50.4 Å². The van der Waals surface area contributed by atoms with Crippen LogP contribution >= 0.6 is 11.6 Å². The van der Waals surface area contributed by atoms with Crippen LogP contribution in [-0.2, 0) is 5.41 Å². The topological polar surface area (TPSA) is 67.3 Å². The SMILES string of the molecule is COc1c(Cl)ccc2c1C(C)(C)C[C@](O)(C(F)(F)F)[C@H]2Nc1ccc(F)c2nc(C)ncc12. The van der Waals surface area contributed by atoms with Gasteiger partial charge in [0.1, 0.15) is 22.9 Å². The first kappa shape index (κ1) is 23.5. The van der Waals surface area contributed by atoms with Gasteiger partial charge in [-0.2, -0.15) is 13.2 Å². The molecule has 2 atom stereocenters. The van der Waals surface area contributed by atoms with Crippen molar-refractivity contribution in [1.82, 2.24) is 9.97 Å². The molecule has 3 aromatic rings. The number of benzene rings is 2. The molecular formula is C23H22ClF4N3O2. The lowest BCUT2D eigenvalue weighted by molar-refractivity contribution is -0.275. The predicted octanol–water partition coefficient (Wildman–Crippen LogP) is 5.87. The van der Waals surface area contributed by atoms with E-state index in [1.807, 2.05) is 0 Å². The van der Waals surface area contributed by atoms with Gasteiger partial charge in [-0.1, -0.05) is 31.5 Å². The Morgan fingerprint density at radius 3 is 2.55 bits per heavy atom. The van der Waals surface area contributed by atoms with Gasteiger partial charge in [-0.3, -0.25) is 0 Å². The number of halogens is 5. The number of ether oxygens (including phenoxy) is 1. The molecule has 2 N–H and O–H groups in total. The number of rotatable bonds is 3. The number of aliphatic hydroxyl groups is 1. The van der Waals surface area contributed by atoms with Gasteiger partial charge in [0.2, 0.25) is 0 Å². The van der Waals surface area contributed by atoms with Gasteiger partial charge in [0, 0.05) is 22.8 Å². The van der Waals surface area contributed by atoms with E-state index in [1.54, 1.807) is 20.8 Å². The van der Waals surface area contributed by atoms with E-state index in [0.717, 1.165) is 6.07 Å². The van der Waals surface area contributed by atoms with Crippen LogP contribution in [0.5, 0.6) is 5.75 Å². The van der Waals surface area contributed by atoms with E-state index in [9.17, 15) is 22.7 Å². The summed E-state index contributed by atoms with van der Waals surface area (Å²) in [5.41, 5.74) is -3.51. The summed E-state index contributed by atoms with van der Waals surface area (Å²) in [6, 6.07) is 3.66. The maximum absolute atomic E-state index is 14.4. The van der Waals surface area contributed by atoms with Crippen molar-refractivity contribution < 1.29 is 27.4 Å². The number of alkyl halides is 3. The van der Waals surface area contributed by atoms with E-state index < -0.39 is 35.5 Å². The normalized spacial score (nSPS) is 22.2. The van der Waals surface area contributed by atoms with E-state index in [0.29, 0.717) is 11.4 Å². The number of nitrogens with one attached hydrogen (secondary N) is 1. The van der Waals surface area contributed by atoms with E-state index in [1.165, 1.54) is 31.5 Å². The lowest BCUT2D eigenvalue weighted by Gasteiger charge is -2.49. The molecule has 0 radical (unpaired) electrons. The smallest absolute Gasteiger partial charge is 0.419 e. The third kappa shape index (κ3) is 3.67. The third-order valence-electron chi connectivity index (χ3n) is 6.14. The fourth-order valence-corrected chi connectivity index (χ4v) is 4.98. The zero-order valence-electron chi connectivity index (χ0n) is 18.3. The minimum Gasteiger partial charge on any atom is -0.495 e. The van der Waals surface area contributed by atoms with Crippen LogP contribution in [0.2, 0.25) is 5.02 Å². The van der Waals surface area contributed by atoms with Gasteiger partial charge in [0.15, 0.2) is 5.60 Å². The summed E-state index contributed by atoms with van der Waals surface area (Å²) in [5.74, 6) is -0.0710. The summed E-state index contributed by atoms with van der Waals surface area (Å²) in [6.07, 6.45) is -4.29. The van der Waals surface area contributed by atoms with Gasteiger partial charge >= 0.3 is 6.18 Å².